The van der Waals surface area contributed by atoms with Gasteiger partial charge in [-0.25, -0.2) is 0 Å². The van der Waals surface area contributed by atoms with Gasteiger partial charge in [0.15, 0.2) is 0 Å². The van der Waals surface area contributed by atoms with E-state index in [1.54, 1.807) is 6.92 Å². The third kappa shape index (κ3) is 3.87. The molecule has 2 amide bonds. The lowest BCUT2D eigenvalue weighted by Crippen LogP contribution is -2.54. The molecular weight excluding hydrogens is 316 g/mol. The zero-order valence-electron chi connectivity index (χ0n) is 15.2. The summed E-state index contributed by atoms with van der Waals surface area (Å²) in [7, 11) is 0. The average Bonchev–Trinajstić information content (AvgIpc) is 3.35. The average molecular weight is 344 g/mol. The van der Waals surface area contributed by atoms with Crippen molar-refractivity contribution < 1.29 is 14.7 Å². The molecule has 25 heavy (non-hydrogen) atoms. The molecule has 0 spiro atoms. The largest absolute Gasteiger partial charge is 0.391 e. The highest BCUT2D eigenvalue weighted by Crippen LogP contribution is 2.34. The minimum absolute atomic E-state index is 0.0183. The van der Waals surface area contributed by atoms with E-state index in [9.17, 15) is 14.7 Å². The second-order valence-corrected chi connectivity index (χ2v) is 7.63. The number of amides is 2. The summed E-state index contributed by atoms with van der Waals surface area (Å²) in [5, 5.41) is 12.8. The van der Waals surface area contributed by atoms with Gasteiger partial charge in [0.1, 0.15) is 6.04 Å². The van der Waals surface area contributed by atoms with Gasteiger partial charge in [0.25, 0.3) is 0 Å². The molecule has 4 atom stereocenters. The van der Waals surface area contributed by atoms with Crippen molar-refractivity contribution in [3.63, 3.8) is 0 Å². The Morgan fingerprint density at radius 1 is 1.28 bits per heavy atom. The molecule has 5 nitrogen and oxygen atoms in total. The number of aryl methyl sites for hydroxylation is 1. The topological polar surface area (TPSA) is 69.6 Å². The third-order valence-corrected chi connectivity index (χ3v) is 5.48. The van der Waals surface area contributed by atoms with Crippen LogP contribution in [0.2, 0.25) is 0 Å². The number of aliphatic hydroxyl groups is 1. The van der Waals surface area contributed by atoms with Crippen LogP contribution >= 0.6 is 0 Å². The summed E-state index contributed by atoms with van der Waals surface area (Å²) >= 11 is 0. The summed E-state index contributed by atoms with van der Waals surface area (Å²) < 4.78 is 0. The molecule has 5 heteroatoms. The summed E-state index contributed by atoms with van der Waals surface area (Å²) in [6.07, 6.45) is 1.75. The van der Waals surface area contributed by atoms with Crippen LogP contribution in [0, 0.1) is 12.8 Å². The van der Waals surface area contributed by atoms with E-state index in [1.807, 2.05) is 24.0 Å². The standard InChI is InChI=1S/C20H28N2O3/c1-12-6-4-5-7-17(12)16-10-13(2)22(11-16)20(25)18(14(3)23)21-19(24)15-8-9-15/h4-7,13-16,18,23H,8-11H2,1-3H3,(H,21,24). The summed E-state index contributed by atoms with van der Waals surface area (Å²) in [4.78, 5) is 26.9. The number of nitrogens with zero attached hydrogens (tertiary/aromatic N) is 1. The summed E-state index contributed by atoms with van der Waals surface area (Å²) in [6.45, 7) is 6.33. The number of carbonyl (C=O) groups excluding carboxylic acids is 2. The van der Waals surface area contributed by atoms with Crippen molar-refractivity contribution in [3.05, 3.63) is 35.4 Å². The first-order valence-electron chi connectivity index (χ1n) is 9.23. The molecule has 0 aromatic heterocycles. The van der Waals surface area contributed by atoms with Gasteiger partial charge in [0, 0.05) is 24.4 Å². The predicted molar refractivity (Wildman–Crippen MR) is 96.0 cm³/mol. The monoisotopic (exact) mass is 344 g/mol. The Balaban J connectivity index is 1.72. The van der Waals surface area contributed by atoms with Crippen molar-refractivity contribution in [1.29, 1.82) is 0 Å². The first-order valence-corrected chi connectivity index (χ1v) is 9.23. The van der Waals surface area contributed by atoms with E-state index >= 15 is 0 Å². The summed E-state index contributed by atoms with van der Waals surface area (Å²) in [5.41, 5.74) is 2.52. The number of hydrogen-bond acceptors (Lipinski definition) is 3. The van der Waals surface area contributed by atoms with Gasteiger partial charge in [-0.2, -0.15) is 0 Å². The molecule has 2 N–H and O–H groups in total. The predicted octanol–water partition coefficient (Wildman–Crippen LogP) is 1.98. The Kier molecular flexibility index (Phi) is 5.13. The molecule has 1 heterocycles. The van der Waals surface area contributed by atoms with Crippen LogP contribution in [0.15, 0.2) is 24.3 Å². The van der Waals surface area contributed by atoms with Gasteiger partial charge < -0.3 is 15.3 Å². The van der Waals surface area contributed by atoms with Gasteiger partial charge in [-0.1, -0.05) is 24.3 Å². The Hall–Kier alpha value is -1.88. The lowest BCUT2D eigenvalue weighted by atomic mass is 9.93. The first kappa shape index (κ1) is 17.9. The fraction of sp³-hybridized carbons (Fsp3) is 0.600. The number of benzene rings is 1. The fourth-order valence-corrected chi connectivity index (χ4v) is 3.79. The third-order valence-electron chi connectivity index (χ3n) is 5.48. The molecule has 1 aliphatic heterocycles. The van der Waals surface area contributed by atoms with Crippen molar-refractivity contribution >= 4 is 11.8 Å². The van der Waals surface area contributed by atoms with Crippen molar-refractivity contribution in [3.8, 4) is 0 Å². The molecule has 4 unspecified atom stereocenters. The van der Waals surface area contributed by atoms with Crippen LogP contribution in [-0.4, -0.2) is 46.6 Å². The Morgan fingerprint density at radius 2 is 1.96 bits per heavy atom. The fourth-order valence-electron chi connectivity index (χ4n) is 3.79. The number of hydrogen-bond donors (Lipinski definition) is 2. The lowest BCUT2D eigenvalue weighted by Gasteiger charge is -2.29. The zero-order chi connectivity index (χ0) is 18.1. The molecule has 3 rings (SSSR count). The Labute approximate surface area is 149 Å². The van der Waals surface area contributed by atoms with Crippen LogP contribution in [0.4, 0.5) is 0 Å². The number of nitrogens with one attached hydrogen (secondary N) is 1. The van der Waals surface area contributed by atoms with E-state index in [0.29, 0.717) is 12.5 Å². The maximum Gasteiger partial charge on any atom is 0.248 e. The summed E-state index contributed by atoms with van der Waals surface area (Å²) in [5.74, 6) is 0.0350. The van der Waals surface area contributed by atoms with Gasteiger partial charge in [0.05, 0.1) is 6.10 Å². The van der Waals surface area contributed by atoms with E-state index in [-0.39, 0.29) is 23.8 Å². The number of likely N-dealkylation sites (tertiary alicyclic amines) is 1. The van der Waals surface area contributed by atoms with Gasteiger partial charge in [-0.05, 0) is 51.2 Å². The highest BCUT2D eigenvalue weighted by atomic mass is 16.3. The maximum atomic E-state index is 13.0. The van der Waals surface area contributed by atoms with E-state index in [2.05, 4.69) is 24.4 Å². The van der Waals surface area contributed by atoms with Crippen LogP contribution in [-0.2, 0) is 9.59 Å². The van der Waals surface area contributed by atoms with E-state index in [1.165, 1.54) is 11.1 Å². The molecule has 1 aromatic carbocycles. The molecule has 136 valence electrons. The van der Waals surface area contributed by atoms with Gasteiger partial charge in [-0.3, -0.25) is 9.59 Å². The number of carbonyl (C=O) groups is 2. The van der Waals surface area contributed by atoms with Crippen molar-refractivity contribution in [1.82, 2.24) is 10.2 Å². The van der Waals surface area contributed by atoms with Gasteiger partial charge in [-0.15, -0.1) is 0 Å². The highest BCUT2D eigenvalue weighted by Gasteiger charge is 2.40. The normalized spacial score (nSPS) is 25.5. The van der Waals surface area contributed by atoms with Crippen LogP contribution in [0.3, 0.4) is 0 Å². The van der Waals surface area contributed by atoms with Crippen molar-refractivity contribution in [2.24, 2.45) is 5.92 Å². The second-order valence-electron chi connectivity index (χ2n) is 7.63. The van der Waals surface area contributed by atoms with Crippen molar-refractivity contribution in [2.75, 3.05) is 6.54 Å². The highest BCUT2D eigenvalue weighted by molar-refractivity contribution is 5.90. The molecule has 2 aliphatic rings. The minimum Gasteiger partial charge on any atom is -0.391 e. The van der Waals surface area contributed by atoms with E-state index < -0.39 is 12.1 Å². The molecule has 1 aliphatic carbocycles. The van der Waals surface area contributed by atoms with E-state index in [0.717, 1.165) is 19.3 Å². The van der Waals surface area contributed by atoms with Crippen molar-refractivity contribution in [2.45, 2.75) is 64.1 Å². The van der Waals surface area contributed by atoms with Crippen LogP contribution < -0.4 is 5.32 Å². The van der Waals surface area contributed by atoms with Crippen LogP contribution in [0.25, 0.3) is 0 Å². The Bertz CT molecular complexity index is 654. The first-order chi connectivity index (χ1) is 11.9. The number of aliphatic hydroxyl groups excluding tert-OH is 1. The van der Waals surface area contributed by atoms with Crippen LogP contribution in [0.5, 0.6) is 0 Å². The molecule has 0 bridgehead atoms. The van der Waals surface area contributed by atoms with Gasteiger partial charge >= 0.3 is 0 Å². The second kappa shape index (κ2) is 7.16. The summed E-state index contributed by atoms with van der Waals surface area (Å²) in [6, 6.07) is 7.52. The number of rotatable bonds is 5. The molecule has 1 saturated heterocycles. The molecule has 1 saturated carbocycles. The minimum atomic E-state index is -0.903. The van der Waals surface area contributed by atoms with Crippen LogP contribution in [0.1, 0.15) is 50.2 Å². The SMILES string of the molecule is Cc1ccccc1C1CC(C)N(C(=O)C(NC(=O)C2CC2)C(C)O)C1. The van der Waals surface area contributed by atoms with Gasteiger partial charge in [0.2, 0.25) is 11.8 Å². The Morgan fingerprint density at radius 3 is 2.56 bits per heavy atom. The smallest absolute Gasteiger partial charge is 0.248 e. The maximum absolute atomic E-state index is 13.0. The quantitative estimate of drug-likeness (QED) is 0.858. The zero-order valence-corrected chi connectivity index (χ0v) is 15.2. The molecular formula is C20H28N2O3. The van der Waals surface area contributed by atoms with E-state index in [4.69, 9.17) is 0 Å². The lowest BCUT2D eigenvalue weighted by molar-refractivity contribution is -0.140. The molecule has 1 aromatic rings. The molecule has 2 fully saturated rings. The molecule has 0 radical (unpaired) electrons.